The normalized spacial score (nSPS) is 11.1. The second-order valence-corrected chi connectivity index (χ2v) is 5.32. The molecular formula is C14H24ClN3O2. The van der Waals surface area contributed by atoms with Gasteiger partial charge < -0.3 is 14.4 Å². The van der Waals surface area contributed by atoms with Gasteiger partial charge in [-0.05, 0) is 12.8 Å². The van der Waals surface area contributed by atoms with E-state index in [4.69, 9.17) is 21.1 Å². The van der Waals surface area contributed by atoms with E-state index in [-0.39, 0.29) is 0 Å². The fourth-order valence-corrected chi connectivity index (χ4v) is 2.01. The van der Waals surface area contributed by atoms with E-state index >= 15 is 0 Å². The average Bonchev–Trinajstić information content (AvgIpc) is 2.40. The van der Waals surface area contributed by atoms with Crippen LogP contribution in [0.2, 0.25) is 5.15 Å². The molecule has 1 rings (SSSR count). The second kappa shape index (κ2) is 9.10. The third kappa shape index (κ3) is 6.03. The number of ether oxygens (including phenoxy) is 2. The number of hydrogen-bond acceptors (Lipinski definition) is 5. The van der Waals surface area contributed by atoms with Gasteiger partial charge in [0.1, 0.15) is 17.6 Å². The lowest BCUT2D eigenvalue weighted by Crippen LogP contribution is -2.32. The maximum absolute atomic E-state index is 6.08. The lowest BCUT2D eigenvalue weighted by Gasteiger charge is -2.25. The van der Waals surface area contributed by atoms with Crippen molar-refractivity contribution in [1.29, 1.82) is 0 Å². The lowest BCUT2D eigenvalue weighted by molar-refractivity contribution is 0.128. The van der Waals surface area contributed by atoms with Crippen molar-refractivity contribution >= 4 is 17.4 Å². The van der Waals surface area contributed by atoms with E-state index in [0.717, 1.165) is 18.9 Å². The summed E-state index contributed by atoms with van der Waals surface area (Å²) in [7, 11) is 1.70. The van der Waals surface area contributed by atoms with Gasteiger partial charge in [0, 0.05) is 32.9 Å². The quantitative estimate of drug-likeness (QED) is 0.656. The van der Waals surface area contributed by atoms with Crippen molar-refractivity contribution in [3.63, 3.8) is 0 Å². The molecule has 20 heavy (non-hydrogen) atoms. The Balaban J connectivity index is 2.89. The van der Waals surface area contributed by atoms with Crippen LogP contribution < -0.4 is 4.90 Å². The maximum Gasteiger partial charge on any atom is 0.158 e. The van der Waals surface area contributed by atoms with Gasteiger partial charge in [-0.25, -0.2) is 9.97 Å². The van der Waals surface area contributed by atoms with Crippen molar-refractivity contribution in [2.24, 2.45) is 5.92 Å². The highest BCUT2D eigenvalue weighted by atomic mass is 35.5. The summed E-state index contributed by atoms with van der Waals surface area (Å²) in [6.07, 6.45) is 0. The molecule has 0 unspecified atom stereocenters. The zero-order valence-electron chi connectivity index (χ0n) is 12.7. The molecule has 6 heteroatoms. The molecule has 0 spiro atoms. The average molecular weight is 302 g/mol. The first-order valence-corrected chi connectivity index (χ1v) is 7.29. The first-order chi connectivity index (χ1) is 9.56. The molecule has 5 nitrogen and oxygen atoms in total. The number of hydrogen-bond donors (Lipinski definition) is 0. The molecule has 0 aromatic carbocycles. The van der Waals surface area contributed by atoms with E-state index < -0.39 is 0 Å². The molecule has 0 atom stereocenters. The van der Waals surface area contributed by atoms with E-state index in [0.29, 0.717) is 36.7 Å². The number of aromatic nitrogens is 2. The molecule has 114 valence electrons. The number of anilines is 1. The second-order valence-electron chi connectivity index (χ2n) is 4.93. The van der Waals surface area contributed by atoms with E-state index in [2.05, 4.69) is 28.7 Å². The minimum absolute atomic E-state index is 0.379. The van der Waals surface area contributed by atoms with Gasteiger partial charge in [0.15, 0.2) is 5.82 Å². The van der Waals surface area contributed by atoms with Crippen LogP contribution in [-0.2, 0) is 16.1 Å². The Morgan fingerprint density at radius 3 is 2.70 bits per heavy atom. The Morgan fingerprint density at radius 2 is 2.10 bits per heavy atom. The van der Waals surface area contributed by atoms with Crippen molar-refractivity contribution in [2.75, 3.05) is 38.3 Å². The third-order valence-electron chi connectivity index (χ3n) is 2.64. The molecular weight excluding hydrogens is 278 g/mol. The maximum atomic E-state index is 6.08. The molecule has 0 aliphatic heterocycles. The fraction of sp³-hybridized carbons (Fsp3) is 0.714. The van der Waals surface area contributed by atoms with Crippen LogP contribution in [0, 0.1) is 5.92 Å². The molecule has 0 radical (unpaired) electrons. The van der Waals surface area contributed by atoms with Crippen LogP contribution in [-0.4, -0.2) is 43.4 Å². The molecule has 0 N–H and O–H groups in total. The van der Waals surface area contributed by atoms with Crippen LogP contribution in [0.15, 0.2) is 6.07 Å². The largest absolute Gasteiger partial charge is 0.383 e. The molecule has 0 fully saturated rings. The molecule has 0 saturated carbocycles. The summed E-state index contributed by atoms with van der Waals surface area (Å²) in [5.74, 6) is 1.96. The van der Waals surface area contributed by atoms with Gasteiger partial charge in [-0.15, -0.1) is 0 Å². The highest BCUT2D eigenvalue weighted by molar-refractivity contribution is 6.29. The first kappa shape index (κ1) is 17.1. The predicted molar refractivity (Wildman–Crippen MR) is 81.3 cm³/mol. The molecule has 1 aromatic heterocycles. The Morgan fingerprint density at radius 1 is 1.35 bits per heavy atom. The molecule has 0 aliphatic rings. The van der Waals surface area contributed by atoms with Crippen molar-refractivity contribution in [1.82, 2.24) is 9.97 Å². The van der Waals surface area contributed by atoms with Crippen molar-refractivity contribution < 1.29 is 9.47 Å². The summed E-state index contributed by atoms with van der Waals surface area (Å²) in [5.41, 5.74) is 0. The Bertz CT molecular complexity index is 402. The number of halogens is 1. The monoisotopic (exact) mass is 301 g/mol. The van der Waals surface area contributed by atoms with Crippen LogP contribution in [0.3, 0.4) is 0 Å². The predicted octanol–water partition coefficient (Wildman–Crippen LogP) is 2.78. The summed E-state index contributed by atoms with van der Waals surface area (Å²) in [5, 5.41) is 0.441. The molecule has 0 aliphatic carbocycles. The van der Waals surface area contributed by atoms with Crippen LogP contribution in [0.1, 0.15) is 26.6 Å². The highest BCUT2D eigenvalue weighted by Gasteiger charge is 2.12. The lowest BCUT2D eigenvalue weighted by atomic mass is 10.2. The Labute approximate surface area is 126 Å². The fourth-order valence-electron chi connectivity index (χ4n) is 1.81. The van der Waals surface area contributed by atoms with Gasteiger partial charge >= 0.3 is 0 Å². The van der Waals surface area contributed by atoms with E-state index in [1.807, 2.05) is 6.92 Å². The minimum Gasteiger partial charge on any atom is -0.383 e. The number of rotatable bonds is 9. The topological polar surface area (TPSA) is 47.5 Å². The molecule has 0 bridgehead atoms. The van der Waals surface area contributed by atoms with Gasteiger partial charge in [-0.1, -0.05) is 25.4 Å². The summed E-state index contributed by atoms with van der Waals surface area (Å²) in [6.45, 7) is 9.60. The van der Waals surface area contributed by atoms with Crippen molar-refractivity contribution in [3.8, 4) is 0 Å². The van der Waals surface area contributed by atoms with Gasteiger partial charge in [-0.3, -0.25) is 0 Å². The van der Waals surface area contributed by atoms with E-state index in [1.54, 1.807) is 13.2 Å². The zero-order chi connectivity index (χ0) is 15.0. The third-order valence-corrected chi connectivity index (χ3v) is 2.83. The van der Waals surface area contributed by atoms with E-state index in [9.17, 15) is 0 Å². The Hall–Kier alpha value is -0.910. The van der Waals surface area contributed by atoms with Gasteiger partial charge in [0.25, 0.3) is 0 Å². The van der Waals surface area contributed by atoms with Crippen molar-refractivity contribution in [3.05, 3.63) is 17.0 Å². The van der Waals surface area contributed by atoms with Crippen LogP contribution in [0.4, 0.5) is 5.82 Å². The highest BCUT2D eigenvalue weighted by Crippen LogP contribution is 2.18. The summed E-state index contributed by atoms with van der Waals surface area (Å²) in [6, 6.07) is 1.79. The smallest absolute Gasteiger partial charge is 0.158 e. The first-order valence-electron chi connectivity index (χ1n) is 6.91. The zero-order valence-corrected chi connectivity index (χ0v) is 13.5. The van der Waals surface area contributed by atoms with Crippen LogP contribution in [0.25, 0.3) is 0 Å². The van der Waals surface area contributed by atoms with Gasteiger partial charge in [0.05, 0.1) is 6.61 Å². The molecule has 0 amide bonds. The van der Waals surface area contributed by atoms with E-state index in [1.165, 1.54) is 0 Å². The summed E-state index contributed by atoms with van der Waals surface area (Å²) >= 11 is 6.08. The number of methoxy groups -OCH3 is 1. The SMILES string of the molecule is CCOCc1nc(Cl)cc(N(CCOC)CC(C)C)n1. The van der Waals surface area contributed by atoms with Crippen molar-refractivity contribution in [2.45, 2.75) is 27.4 Å². The standard InChI is InChI=1S/C14H24ClN3O2/c1-5-20-10-13-16-12(15)8-14(17-13)18(6-7-19-4)9-11(2)3/h8,11H,5-7,9-10H2,1-4H3. The minimum atomic E-state index is 0.379. The van der Waals surface area contributed by atoms with Gasteiger partial charge in [0.2, 0.25) is 0 Å². The van der Waals surface area contributed by atoms with Crippen LogP contribution >= 0.6 is 11.6 Å². The molecule has 0 saturated heterocycles. The van der Waals surface area contributed by atoms with Gasteiger partial charge in [-0.2, -0.15) is 0 Å². The summed E-state index contributed by atoms with van der Waals surface area (Å²) < 4.78 is 10.5. The summed E-state index contributed by atoms with van der Waals surface area (Å²) in [4.78, 5) is 10.9. The molecule has 1 heterocycles. The Kier molecular flexibility index (Phi) is 7.80. The molecule has 1 aromatic rings. The number of nitrogens with zero attached hydrogens (tertiary/aromatic N) is 3. The van der Waals surface area contributed by atoms with Crippen LogP contribution in [0.5, 0.6) is 0 Å².